The Labute approximate surface area is 67.7 Å². The third-order valence-corrected chi connectivity index (χ3v) is 4.05. The van der Waals surface area contributed by atoms with Crippen LogP contribution < -0.4 is 5.73 Å². The molecule has 2 fully saturated rings. The van der Waals surface area contributed by atoms with Crippen molar-refractivity contribution in [1.82, 2.24) is 0 Å². The number of hydrogen-bond donors (Lipinski definition) is 1. The van der Waals surface area contributed by atoms with Gasteiger partial charge in [-0.15, -0.1) is 0 Å². The fourth-order valence-corrected chi connectivity index (χ4v) is 3.61. The Morgan fingerprint density at radius 2 is 2.09 bits per heavy atom. The van der Waals surface area contributed by atoms with E-state index in [1.165, 1.54) is 19.3 Å². The minimum absolute atomic E-state index is 0.543. The second-order valence-corrected chi connectivity index (χ2v) is 4.46. The Morgan fingerprint density at radius 1 is 1.18 bits per heavy atom. The normalized spacial score (nSPS) is 58.8. The maximum atomic E-state index is 6.05. The molecule has 60 valence electrons. The zero-order valence-electron chi connectivity index (χ0n) is 6.74. The lowest BCUT2D eigenvalue weighted by Crippen LogP contribution is -2.34. The standard InChI is InChI=1S/C10H15N/c11-10-5-6-4-9(10)8-3-1-2-7(6)8/h1-2,6-10H,3-5,11H2/t6-,7+,8+,9-,10+/m1/s1. The first kappa shape index (κ1) is 6.24. The molecule has 5 atom stereocenters. The van der Waals surface area contributed by atoms with Crippen molar-refractivity contribution in [2.75, 3.05) is 0 Å². The minimum Gasteiger partial charge on any atom is -0.327 e. The third kappa shape index (κ3) is 0.652. The third-order valence-electron chi connectivity index (χ3n) is 4.05. The zero-order chi connectivity index (χ0) is 7.42. The Kier molecular flexibility index (Phi) is 1.07. The van der Waals surface area contributed by atoms with E-state index >= 15 is 0 Å². The van der Waals surface area contributed by atoms with Gasteiger partial charge in [-0.05, 0) is 42.9 Å². The Bertz CT molecular complexity index is 209. The van der Waals surface area contributed by atoms with Crippen molar-refractivity contribution in [3.63, 3.8) is 0 Å². The first-order valence-electron chi connectivity index (χ1n) is 4.78. The van der Waals surface area contributed by atoms with Gasteiger partial charge in [-0.25, -0.2) is 0 Å². The highest BCUT2D eigenvalue weighted by atomic mass is 14.7. The van der Waals surface area contributed by atoms with Gasteiger partial charge in [-0.1, -0.05) is 12.2 Å². The largest absolute Gasteiger partial charge is 0.327 e. The highest BCUT2D eigenvalue weighted by Gasteiger charge is 2.50. The van der Waals surface area contributed by atoms with E-state index in [2.05, 4.69) is 12.2 Å². The van der Waals surface area contributed by atoms with Crippen LogP contribution in [0.4, 0.5) is 0 Å². The summed E-state index contributed by atoms with van der Waals surface area (Å²) in [5.41, 5.74) is 6.05. The van der Waals surface area contributed by atoms with E-state index in [1.807, 2.05) is 0 Å². The summed E-state index contributed by atoms with van der Waals surface area (Å²) >= 11 is 0. The number of allylic oxidation sites excluding steroid dienone is 2. The molecule has 0 heterocycles. The molecule has 0 saturated heterocycles. The molecule has 0 aromatic carbocycles. The van der Waals surface area contributed by atoms with Crippen LogP contribution in [0.25, 0.3) is 0 Å². The lowest BCUT2D eigenvalue weighted by atomic mass is 9.79. The van der Waals surface area contributed by atoms with E-state index in [4.69, 9.17) is 5.73 Å². The van der Waals surface area contributed by atoms with Crippen molar-refractivity contribution in [2.24, 2.45) is 29.4 Å². The maximum absolute atomic E-state index is 6.05. The number of fused-ring (bicyclic) bond motifs is 5. The van der Waals surface area contributed by atoms with Gasteiger partial charge >= 0.3 is 0 Å². The molecule has 2 saturated carbocycles. The lowest BCUT2D eigenvalue weighted by Gasteiger charge is -2.28. The highest BCUT2D eigenvalue weighted by Crippen LogP contribution is 2.55. The molecule has 0 aromatic rings. The van der Waals surface area contributed by atoms with E-state index in [0.717, 1.165) is 23.7 Å². The molecular formula is C10H15N. The van der Waals surface area contributed by atoms with Gasteiger partial charge in [0.2, 0.25) is 0 Å². The van der Waals surface area contributed by atoms with Crippen LogP contribution in [0.3, 0.4) is 0 Å². The predicted octanol–water partition coefficient (Wildman–Crippen LogP) is 1.55. The summed E-state index contributed by atoms with van der Waals surface area (Å²) in [5.74, 6) is 3.71. The molecule has 0 unspecified atom stereocenters. The Hall–Kier alpha value is -0.300. The summed E-state index contributed by atoms with van der Waals surface area (Å²) in [4.78, 5) is 0. The van der Waals surface area contributed by atoms with Crippen LogP contribution in [0.15, 0.2) is 12.2 Å². The summed E-state index contributed by atoms with van der Waals surface area (Å²) < 4.78 is 0. The van der Waals surface area contributed by atoms with E-state index in [9.17, 15) is 0 Å². The van der Waals surface area contributed by atoms with Gasteiger partial charge in [-0.2, -0.15) is 0 Å². The second kappa shape index (κ2) is 1.89. The minimum atomic E-state index is 0.543. The van der Waals surface area contributed by atoms with Crippen LogP contribution in [-0.4, -0.2) is 6.04 Å². The molecule has 0 aliphatic heterocycles. The van der Waals surface area contributed by atoms with Crippen LogP contribution in [0.2, 0.25) is 0 Å². The van der Waals surface area contributed by atoms with E-state index in [1.54, 1.807) is 0 Å². The average Bonchev–Trinajstić information content (AvgIpc) is 2.52. The SMILES string of the molecule is N[C@H]1C[C@H]2C[C@@H]1[C@H]1CC=C[C@@H]21. The quantitative estimate of drug-likeness (QED) is 0.519. The molecule has 11 heavy (non-hydrogen) atoms. The molecule has 0 aromatic heterocycles. The first-order chi connectivity index (χ1) is 5.36. The van der Waals surface area contributed by atoms with Gasteiger partial charge in [0.1, 0.15) is 0 Å². The highest BCUT2D eigenvalue weighted by molar-refractivity contribution is 5.14. The molecule has 1 heteroatoms. The van der Waals surface area contributed by atoms with E-state index in [-0.39, 0.29) is 0 Å². The lowest BCUT2D eigenvalue weighted by molar-refractivity contribution is 0.255. The number of nitrogens with two attached hydrogens (primary N) is 1. The Balaban J connectivity index is 1.94. The molecule has 3 aliphatic rings. The van der Waals surface area contributed by atoms with Gasteiger partial charge in [0.25, 0.3) is 0 Å². The molecule has 3 aliphatic carbocycles. The fraction of sp³-hybridized carbons (Fsp3) is 0.800. The summed E-state index contributed by atoms with van der Waals surface area (Å²) in [6, 6.07) is 0.543. The van der Waals surface area contributed by atoms with Crippen molar-refractivity contribution in [1.29, 1.82) is 0 Å². The number of rotatable bonds is 0. The average molecular weight is 149 g/mol. The van der Waals surface area contributed by atoms with Crippen LogP contribution in [0.1, 0.15) is 19.3 Å². The van der Waals surface area contributed by atoms with Crippen molar-refractivity contribution >= 4 is 0 Å². The molecule has 2 bridgehead atoms. The summed E-state index contributed by atoms with van der Waals surface area (Å²) in [6.45, 7) is 0. The van der Waals surface area contributed by atoms with Crippen molar-refractivity contribution in [2.45, 2.75) is 25.3 Å². The second-order valence-electron chi connectivity index (χ2n) is 4.46. The summed E-state index contributed by atoms with van der Waals surface area (Å²) in [5, 5.41) is 0. The van der Waals surface area contributed by atoms with Gasteiger partial charge in [0, 0.05) is 6.04 Å². The first-order valence-corrected chi connectivity index (χ1v) is 4.78. The molecule has 2 N–H and O–H groups in total. The van der Waals surface area contributed by atoms with Crippen LogP contribution >= 0.6 is 0 Å². The van der Waals surface area contributed by atoms with E-state index in [0.29, 0.717) is 6.04 Å². The molecule has 1 nitrogen and oxygen atoms in total. The Morgan fingerprint density at radius 3 is 3.00 bits per heavy atom. The monoisotopic (exact) mass is 149 g/mol. The number of hydrogen-bond acceptors (Lipinski definition) is 1. The smallest absolute Gasteiger partial charge is 0.00730 e. The van der Waals surface area contributed by atoms with Gasteiger partial charge in [-0.3, -0.25) is 0 Å². The van der Waals surface area contributed by atoms with Crippen molar-refractivity contribution in [3.05, 3.63) is 12.2 Å². The van der Waals surface area contributed by atoms with Crippen molar-refractivity contribution < 1.29 is 0 Å². The molecule has 0 amide bonds. The topological polar surface area (TPSA) is 26.0 Å². The predicted molar refractivity (Wildman–Crippen MR) is 44.9 cm³/mol. The van der Waals surface area contributed by atoms with Gasteiger partial charge in [0.15, 0.2) is 0 Å². The van der Waals surface area contributed by atoms with E-state index < -0.39 is 0 Å². The molecule has 0 spiro atoms. The zero-order valence-corrected chi connectivity index (χ0v) is 6.74. The molecular weight excluding hydrogens is 134 g/mol. The van der Waals surface area contributed by atoms with Crippen LogP contribution in [0.5, 0.6) is 0 Å². The summed E-state index contributed by atoms with van der Waals surface area (Å²) in [6.07, 6.45) is 8.87. The molecule has 3 rings (SSSR count). The van der Waals surface area contributed by atoms with Gasteiger partial charge < -0.3 is 5.73 Å². The van der Waals surface area contributed by atoms with Gasteiger partial charge in [0.05, 0.1) is 0 Å². The van der Waals surface area contributed by atoms with Crippen molar-refractivity contribution in [3.8, 4) is 0 Å². The maximum Gasteiger partial charge on any atom is 0.00730 e. The summed E-state index contributed by atoms with van der Waals surface area (Å²) in [7, 11) is 0. The fourth-order valence-electron chi connectivity index (χ4n) is 3.61. The molecule has 0 radical (unpaired) electrons. The van der Waals surface area contributed by atoms with Crippen LogP contribution in [0, 0.1) is 23.7 Å². The van der Waals surface area contributed by atoms with Crippen LogP contribution in [-0.2, 0) is 0 Å².